The van der Waals surface area contributed by atoms with Crippen LogP contribution in [0.2, 0.25) is 5.02 Å². The van der Waals surface area contributed by atoms with E-state index in [0.29, 0.717) is 37.4 Å². The lowest BCUT2D eigenvalue weighted by molar-refractivity contribution is -0.627. The summed E-state index contributed by atoms with van der Waals surface area (Å²) in [6.07, 6.45) is 7.68. The van der Waals surface area contributed by atoms with Crippen LogP contribution in [0.5, 0.6) is 0 Å². The molecule has 6 rings (SSSR count). The summed E-state index contributed by atoms with van der Waals surface area (Å²) >= 11 is 10.4. The molecule has 0 atom stereocenters. The summed E-state index contributed by atoms with van der Waals surface area (Å²) in [5.74, 6) is -0.160. The highest BCUT2D eigenvalue weighted by Gasteiger charge is 2.39. The summed E-state index contributed by atoms with van der Waals surface area (Å²) in [6, 6.07) is 15.6. The summed E-state index contributed by atoms with van der Waals surface area (Å²) in [6.45, 7) is 2.75. The molecule has 1 amide bonds. The summed E-state index contributed by atoms with van der Waals surface area (Å²) < 4.78 is 5.97. The standard InChI is InChI=1S/C29H25ClN5O2S3/c1-4-34-25(36)23(21-12-8-9-15-32(21)2)39-27(34)24-26(37)35(17-18-10-6-5-7-11-18)29(40-24)31-28-33(3)20-14-13-19(30)16-22(20)38-28/h5-16H,4,17H2,1-3H3/q+1/b23-21-,27-24-. The van der Waals surface area contributed by atoms with Crippen molar-refractivity contribution in [1.29, 1.82) is 0 Å². The van der Waals surface area contributed by atoms with Crippen molar-refractivity contribution in [3.63, 3.8) is 0 Å². The number of hydrogen-bond donors (Lipinski definition) is 0. The van der Waals surface area contributed by atoms with E-state index in [4.69, 9.17) is 16.6 Å². The Balaban J connectivity index is 1.55. The Hall–Kier alpha value is -3.44. The average Bonchev–Trinajstić information content (AvgIpc) is 3.55. The van der Waals surface area contributed by atoms with Gasteiger partial charge in [-0.3, -0.25) is 19.1 Å². The third-order valence-corrected chi connectivity index (χ3v) is 10.4. The molecule has 7 nitrogen and oxygen atoms in total. The molecule has 202 valence electrons. The lowest BCUT2D eigenvalue weighted by atomic mass is 10.2. The molecule has 40 heavy (non-hydrogen) atoms. The molecule has 1 saturated heterocycles. The topological polar surface area (TPSA) is 61.8 Å². The minimum atomic E-state index is -0.160. The van der Waals surface area contributed by atoms with Gasteiger partial charge in [0.15, 0.2) is 0 Å². The number of hydrogen-bond acceptors (Lipinski definition) is 7. The van der Waals surface area contributed by atoms with Crippen LogP contribution >= 0.6 is 46.0 Å². The number of carbonyl (C=O) groups is 1. The number of aliphatic imine (C=N–C) groups is 1. The van der Waals surface area contributed by atoms with E-state index in [0.717, 1.165) is 26.6 Å². The van der Waals surface area contributed by atoms with Gasteiger partial charge in [-0.2, -0.15) is 0 Å². The maximum atomic E-state index is 14.1. The number of rotatable bonds is 4. The first-order chi connectivity index (χ1) is 19.4. The normalized spacial score (nSPS) is 19.1. The highest BCUT2D eigenvalue weighted by Crippen LogP contribution is 2.36. The zero-order chi connectivity index (χ0) is 28.0. The van der Waals surface area contributed by atoms with Crippen molar-refractivity contribution >= 4 is 83.1 Å². The molecule has 11 heteroatoms. The van der Waals surface area contributed by atoms with Gasteiger partial charge in [-0.15, -0.1) is 11.3 Å². The van der Waals surface area contributed by atoms with E-state index >= 15 is 0 Å². The number of thioether (sulfide) groups is 1. The molecule has 0 radical (unpaired) electrons. The lowest BCUT2D eigenvalue weighted by Crippen LogP contribution is -2.35. The van der Waals surface area contributed by atoms with Gasteiger partial charge in [0.25, 0.3) is 16.6 Å². The second-order valence-electron chi connectivity index (χ2n) is 9.24. The number of aryl methyl sites for hydroxylation is 1. The number of likely N-dealkylation sites (N-methyl/N-ethyl adjacent to an activating group) is 1. The van der Waals surface area contributed by atoms with Crippen LogP contribution in [-0.2, 0) is 24.9 Å². The van der Waals surface area contributed by atoms with Crippen molar-refractivity contribution in [2.75, 3.05) is 7.05 Å². The number of thiazole rings is 2. The van der Waals surface area contributed by atoms with Gasteiger partial charge in [-0.1, -0.05) is 48.0 Å². The Morgan fingerprint density at radius 2 is 1.85 bits per heavy atom. The zero-order valence-corrected chi connectivity index (χ0v) is 25.2. The Morgan fingerprint density at radius 1 is 1.05 bits per heavy atom. The van der Waals surface area contributed by atoms with Gasteiger partial charge in [0.2, 0.25) is 0 Å². The molecule has 0 spiro atoms. The molecule has 2 aliphatic heterocycles. The van der Waals surface area contributed by atoms with Gasteiger partial charge in [0, 0.05) is 24.8 Å². The van der Waals surface area contributed by atoms with E-state index in [1.165, 1.54) is 34.4 Å². The van der Waals surface area contributed by atoms with Crippen LogP contribution in [0.4, 0.5) is 5.13 Å². The van der Waals surface area contributed by atoms with Crippen LogP contribution in [0.1, 0.15) is 12.5 Å². The van der Waals surface area contributed by atoms with Gasteiger partial charge in [-0.25, -0.2) is 4.57 Å². The highest BCUT2D eigenvalue weighted by atomic mass is 35.5. The van der Waals surface area contributed by atoms with Crippen molar-refractivity contribution in [3.05, 3.63) is 103 Å². The minimum Gasteiger partial charge on any atom is -0.350 e. The second-order valence-corrected chi connectivity index (χ2v) is 12.7. The molecule has 4 heterocycles. The third-order valence-electron chi connectivity index (χ3n) is 6.69. The molecule has 1 fully saturated rings. The van der Waals surface area contributed by atoms with E-state index in [1.54, 1.807) is 9.47 Å². The largest absolute Gasteiger partial charge is 0.385 e. The smallest absolute Gasteiger partial charge is 0.350 e. The molecule has 2 aliphatic rings. The average molecular weight is 607 g/mol. The molecule has 0 bridgehead atoms. The fraction of sp³-hybridized carbons (Fsp3) is 0.172. The first-order valence-corrected chi connectivity index (χ1v) is 15.4. The number of benzene rings is 2. The monoisotopic (exact) mass is 606 g/mol. The number of fused-ring (bicyclic) bond motifs is 1. The maximum Gasteiger partial charge on any atom is 0.385 e. The number of carbonyl (C=O) groups excluding carboxylic acids is 1. The molecule has 2 aromatic carbocycles. The van der Waals surface area contributed by atoms with Crippen LogP contribution in [-0.4, -0.2) is 32.5 Å². The number of nitrogens with zero attached hydrogens (tertiary/aromatic N) is 5. The van der Waals surface area contributed by atoms with Crippen molar-refractivity contribution in [1.82, 2.24) is 14.4 Å². The summed E-state index contributed by atoms with van der Waals surface area (Å²) in [5.41, 5.74) is 2.72. The Kier molecular flexibility index (Phi) is 7.26. The summed E-state index contributed by atoms with van der Waals surface area (Å²) in [4.78, 5) is 36.7. The molecule has 2 aromatic heterocycles. The van der Waals surface area contributed by atoms with E-state index in [9.17, 15) is 9.59 Å². The first-order valence-electron chi connectivity index (χ1n) is 12.6. The van der Waals surface area contributed by atoms with Gasteiger partial charge < -0.3 is 4.90 Å². The van der Waals surface area contributed by atoms with Crippen molar-refractivity contribution < 1.29 is 9.36 Å². The molecule has 0 saturated carbocycles. The van der Waals surface area contributed by atoms with Gasteiger partial charge in [-0.05, 0) is 70.9 Å². The molecule has 0 unspecified atom stereocenters. The Morgan fingerprint density at radius 3 is 2.60 bits per heavy atom. The number of allylic oxidation sites excluding steroid dienone is 2. The van der Waals surface area contributed by atoms with Crippen molar-refractivity contribution in [3.8, 4) is 0 Å². The SMILES string of the molecule is CCn1c(=O)/c(=C2\C=CC=CN2C)s/c1=C1\S/C(=N\c2sc3cc(Cl)ccc3[n+]2C)N(Cc2ccccc2)C1=O. The predicted octanol–water partition coefficient (Wildman–Crippen LogP) is 4.32. The van der Waals surface area contributed by atoms with E-state index < -0.39 is 0 Å². The predicted molar refractivity (Wildman–Crippen MR) is 166 cm³/mol. The quantitative estimate of drug-likeness (QED) is 0.325. The van der Waals surface area contributed by atoms with Crippen LogP contribution in [0.3, 0.4) is 0 Å². The lowest BCUT2D eigenvalue weighted by Gasteiger charge is -2.16. The number of amidine groups is 1. The fourth-order valence-electron chi connectivity index (χ4n) is 4.61. The summed E-state index contributed by atoms with van der Waals surface area (Å²) in [7, 11) is 3.87. The fourth-order valence-corrected chi connectivity index (χ4v) is 8.39. The van der Waals surface area contributed by atoms with Gasteiger partial charge in [0.1, 0.15) is 19.6 Å². The number of amides is 1. The third kappa shape index (κ3) is 4.75. The van der Waals surface area contributed by atoms with E-state index in [2.05, 4.69) is 0 Å². The zero-order valence-electron chi connectivity index (χ0n) is 22.0. The molecular weight excluding hydrogens is 582 g/mol. The second kappa shape index (κ2) is 10.9. The molecular formula is C29H25ClN5O2S3+. The Bertz CT molecular complexity index is 1940. The van der Waals surface area contributed by atoms with Gasteiger partial charge >= 0.3 is 5.13 Å². The van der Waals surface area contributed by atoms with Crippen LogP contribution < -0.4 is 19.3 Å². The number of aromatic nitrogens is 2. The van der Waals surface area contributed by atoms with Crippen molar-refractivity contribution in [2.24, 2.45) is 12.0 Å². The van der Waals surface area contributed by atoms with Crippen LogP contribution in [0.15, 0.2) is 82.7 Å². The molecule has 4 aromatic rings. The minimum absolute atomic E-state index is 0.0991. The first kappa shape index (κ1) is 26.8. The Labute approximate surface area is 248 Å². The van der Waals surface area contributed by atoms with E-state index in [1.807, 2.05) is 103 Å². The van der Waals surface area contributed by atoms with Crippen LogP contribution in [0.25, 0.3) is 20.8 Å². The van der Waals surface area contributed by atoms with Crippen LogP contribution in [0, 0.1) is 0 Å². The highest BCUT2D eigenvalue weighted by molar-refractivity contribution is 8.23. The molecule has 0 N–H and O–H groups in total. The number of halogens is 1. The summed E-state index contributed by atoms with van der Waals surface area (Å²) in [5, 5.41) is 1.99. The van der Waals surface area contributed by atoms with E-state index in [-0.39, 0.29) is 11.5 Å². The van der Waals surface area contributed by atoms with Gasteiger partial charge in [0.05, 0.1) is 24.0 Å². The van der Waals surface area contributed by atoms with Crippen molar-refractivity contribution in [2.45, 2.75) is 20.0 Å². The molecule has 0 aliphatic carbocycles. The maximum absolute atomic E-state index is 14.1.